The van der Waals surface area contributed by atoms with Crippen LogP contribution in [0.4, 0.5) is 0 Å². The minimum atomic E-state index is -3.60. The van der Waals surface area contributed by atoms with Crippen molar-refractivity contribution >= 4 is 10.0 Å². The van der Waals surface area contributed by atoms with Gasteiger partial charge in [-0.2, -0.15) is 5.10 Å². The molecule has 0 bridgehead atoms. The summed E-state index contributed by atoms with van der Waals surface area (Å²) in [6.07, 6.45) is 0. The van der Waals surface area contributed by atoms with E-state index in [0.29, 0.717) is 11.4 Å². The molecule has 0 aliphatic rings. The lowest BCUT2D eigenvalue weighted by molar-refractivity contribution is 0.282. The average Bonchev–Trinajstić information content (AvgIpc) is 2.71. The first-order chi connectivity index (χ1) is 9.85. The molecule has 0 fully saturated rings. The number of nitrogens with zero attached hydrogens (tertiary/aromatic N) is 2. The van der Waals surface area contributed by atoms with Crippen molar-refractivity contribution in [2.24, 2.45) is 7.05 Å². The molecule has 7 heteroatoms. The van der Waals surface area contributed by atoms with Gasteiger partial charge in [0.2, 0.25) is 10.0 Å². The van der Waals surface area contributed by atoms with E-state index in [9.17, 15) is 8.42 Å². The molecular weight excluding hydrogens is 290 g/mol. The molecule has 0 atom stereocenters. The maximum absolute atomic E-state index is 12.4. The van der Waals surface area contributed by atoms with Crippen LogP contribution in [0.5, 0.6) is 0 Å². The highest BCUT2D eigenvalue weighted by Gasteiger charge is 2.23. The first kappa shape index (κ1) is 15.7. The van der Waals surface area contributed by atoms with Crippen molar-refractivity contribution in [3.05, 3.63) is 46.8 Å². The number of sulfonamides is 1. The summed E-state index contributed by atoms with van der Waals surface area (Å²) in [6.45, 7) is 3.57. The van der Waals surface area contributed by atoms with Crippen LogP contribution >= 0.6 is 0 Å². The Hall–Kier alpha value is -1.70. The van der Waals surface area contributed by atoms with Gasteiger partial charge >= 0.3 is 0 Å². The molecule has 0 saturated carbocycles. The fraction of sp³-hybridized carbons (Fsp3) is 0.357. The van der Waals surface area contributed by atoms with E-state index in [4.69, 9.17) is 5.11 Å². The highest BCUT2D eigenvalue weighted by Crippen LogP contribution is 2.18. The topological polar surface area (TPSA) is 84.2 Å². The highest BCUT2D eigenvalue weighted by molar-refractivity contribution is 7.89. The number of aromatic nitrogens is 2. The molecule has 0 spiro atoms. The maximum Gasteiger partial charge on any atom is 0.244 e. The zero-order valence-corrected chi connectivity index (χ0v) is 13.1. The molecule has 1 heterocycles. The molecule has 114 valence electrons. The van der Waals surface area contributed by atoms with E-state index in [1.165, 1.54) is 0 Å². The van der Waals surface area contributed by atoms with E-state index in [1.807, 2.05) is 0 Å². The number of hydrogen-bond acceptors (Lipinski definition) is 4. The van der Waals surface area contributed by atoms with E-state index >= 15 is 0 Å². The largest absolute Gasteiger partial charge is 0.392 e. The number of aliphatic hydroxyl groups is 1. The summed E-state index contributed by atoms with van der Waals surface area (Å²) < 4.78 is 28.9. The molecule has 0 aliphatic heterocycles. The normalized spacial score (nSPS) is 11.8. The van der Waals surface area contributed by atoms with Crippen molar-refractivity contribution in [3.8, 4) is 0 Å². The predicted molar refractivity (Wildman–Crippen MR) is 79.1 cm³/mol. The standard InChI is InChI=1S/C14H19N3O3S/c1-10-14(11(2)17(3)16-10)21(19,20)15-8-12-4-6-13(9-18)7-5-12/h4-7,15,18H,8-9H2,1-3H3. The van der Waals surface area contributed by atoms with E-state index in [-0.39, 0.29) is 18.0 Å². The fourth-order valence-corrected chi connectivity index (χ4v) is 3.61. The van der Waals surface area contributed by atoms with Gasteiger partial charge in [0.05, 0.1) is 18.0 Å². The number of rotatable bonds is 5. The second kappa shape index (κ2) is 5.97. The highest BCUT2D eigenvalue weighted by atomic mass is 32.2. The van der Waals surface area contributed by atoms with Gasteiger partial charge in [-0.1, -0.05) is 24.3 Å². The first-order valence-corrected chi connectivity index (χ1v) is 8.02. The van der Waals surface area contributed by atoms with Gasteiger partial charge in [0.15, 0.2) is 0 Å². The van der Waals surface area contributed by atoms with Crippen molar-refractivity contribution in [3.63, 3.8) is 0 Å². The summed E-state index contributed by atoms with van der Waals surface area (Å²) in [7, 11) is -1.88. The van der Waals surface area contributed by atoms with Crippen LogP contribution in [-0.4, -0.2) is 23.3 Å². The van der Waals surface area contributed by atoms with Gasteiger partial charge in [-0.25, -0.2) is 13.1 Å². The van der Waals surface area contributed by atoms with Gasteiger partial charge in [-0.3, -0.25) is 4.68 Å². The van der Waals surface area contributed by atoms with Crippen LogP contribution in [0.2, 0.25) is 0 Å². The minimum Gasteiger partial charge on any atom is -0.392 e. The number of aliphatic hydroxyl groups excluding tert-OH is 1. The van der Waals surface area contributed by atoms with Crippen LogP contribution in [0.25, 0.3) is 0 Å². The third-order valence-electron chi connectivity index (χ3n) is 3.38. The molecule has 0 unspecified atom stereocenters. The van der Waals surface area contributed by atoms with Crippen LogP contribution in [0.1, 0.15) is 22.5 Å². The van der Waals surface area contributed by atoms with Crippen molar-refractivity contribution in [1.82, 2.24) is 14.5 Å². The third-order valence-corrected chi connectivity index (χ3v) is 5.04. The van der Waals surface area contributed by atoms with Crippen molar-refractivity contribution < 1.29 is 13.5 Å². The number of nitrogens with one attached hydrogen (secondary N) is 1. The molecule has 0 radical (unpaired) electrons. The lowest BCUT2D eigenvalue weighted by Gasteiger charge is -2.08. The van der Waals surface area contributed by atoms with E-state index in [0.717, 1.165) is 11.1 Å². The summed E-state index contributed by atoms with van der Waals surface area (Å²) >= 11 is 0. The smallest absolute Gasteiger partial charge is 0.244 e. The van der Waals surface area contributed by atoms with E-state index in [1.54, 1.807) is 49.8 Å². The van der Waals surface area contributed by atoms with Crippen molar-refractivity contribution in [1.29, 1.82) is 0 Å². The Bertz CT molecular complexity index is 734. The third kappa shape index (κ3) is 3.31. The van der Waals surface area contributed by atoms with Gasteiger partial charge in [0.25, 0.3) is 0 Å². The quantitative estimate of drug-likeness (QED) is 0.863. The van der Waals surface area contributed by atoms with Crippen LogP contribution in [0.3, 0.4) is 0 Å². The second-order valence-corrected chi connectivity index (χ2v) is 6.63. The number of aryl methyl sites for hydroxylation is 2. The minimum absolute atomic E-state index is 0.0277. The molecule has 0 saturated heterocycles. The molecule has 2 rings (SSSR count). The van der Waals surface area contributed by atoms with Gasteiger partial charge < -0.3 is 5.11 Å². The van der Waals surface area contributed by atoms with Gasteiger partial charge in [-0.05, 0) is 25.0 Å². The van der Waals surface area contributed by atoms with E-state index in [2.05, 4.69) is 9.82 Å². The zero-order chi connectivity index (χ0) is 15.6. The Morgan fingerprint density at radius 3 is 2.24 bits per heavy atom. The summed E-state index contributed by atoms with van der Waals surface area (Å²) in [4.78, 5) is 0.233. The Kier molecular flexibility index (Phi) is 4.46. The Morgan fingerprint density at radius 2 is 1.76 bits per heavy atom. The summed E-state index contributed by atoms with van der Waals surface area (Å²) in [5.74, 6) is 0. The number of hydrogen-bond donors (Lipinski definition) is 2. The lowest BCUT2D eigenvalue weighted by Crippen LogP contribution is -2.24. The Morgan fingerprint density at radius 1 is 1.19 bits per heavy atom. The van der Waals surface area contributed by atoms with Gasteiger partial charge in [0.1, 0.15) is 4.90 Å². The van der Waals surface area contributed by atoms with Crippen molar-refractivity contribution in [2.75, 3.05) is 0 Å². The molecule has 1 aromatic carbocycles. The Balaban J connectivity index is 2.17. The predicted octanol–water partition coefficient (Wildman–Crippen LogP) is 1.01. The molecule has 6 nitrogen and oxygen atoms in total. The average molecular weight is 309 g/mol. The lowest BCUT2D eigenvalue weighted by atomic mass is 10.1. The molecule has 0 aliphatic carbocycles. The first-order valence-electron chi connectivity index (χ1n) is 6.53. The zero-order valence-electron chi connectivity index (χ0n) is 12.3. The van der Waals surface area contributed by atoms with Crippen LogP contribution < -0.4 is 4.72 Å². The molecule has 21 heavy (non-hydrogen) atoms. The monoisotopic (exact) mass is 309 g/mol. The molecule has 2 aromatic rings. The summed E-state index contributed by atoms with van der Waals surface area (Å²) in [5, 5.41) is 13.1. The molecule has 2 N–H and O–H groups in total. The van der Waals surface area contributed by atoms with Crippen LogP contribution in [0, 0.1) is 13.8 Å². The maximum atomic E-state index is 12.4. The SMILES string of the molecule is Cc1nn(C)c(C)c1S(=O)(=O)NCc1ccc(CO)cc1. The van der Waals surface area contributed by atoms with Crippen LogP contribution in [-0.2, 0) is 30.2 Å². The summed E-state index contributed by atoms with van der Waals surface area (Å²) in [5.41, 5.74) is 2.71. The van der Waals surface area contributed by atoms with E-state index < -0.39 is 10.0 Å². The van der Waals surface area contributed by atoms with Gasteiger partial charge in [-0.15, -0.1) is 0 Å². The Labute approximate surface area is 124 Å². The van der Waals surface area contributed by atoms with Gasteiger partial charge in [0, 0.05) is 13.6 Å². The number of benzene rings is 1. The fourth-order valence-electron chi connectivity index (χ4n) is 2.16. The second-order valence-electron chi connectivity index (χ2n) is 4.92. The van der Waals surface area contributed by atoms with Crippen LogP contribution in [0.15, 0.2) is 29.2 Å². The van der Waals surface area contributed by atoms with Crippen molar-refractivity contribution in [2.45, 2.75) is 31.9 Å². The molecular formula is C14H19N3O3S. The molecule has 0 amide bonds. The summed E-state index contributed by atoms with van der Waals surface area (Å²) in [6, 6.07) is 7.11. The molecule has 1 aromatic heterocycles.